The molecule has 0 spiro atoms. The standard InChI is InChI=1S/C16H25N7O10S/c1-16(2,3)33-14(28)18-4-5-21-6-7-22(15(21)29)12(26)19-34(30,31)20-13(27)23-8-9(10(23)24)32-11(17)25/h9H,4-8H2,1-3H3,(H2,17,25)(H,18,28)(H,19,26)(H,20,27)/t9-/m0/s1. The second-order valence-electron chi connectivity index (χ2n) is 8.04. The lowest BCUT2D eigenvalue weighted by Gasteiger charge is -2.34. The first kappa shape index (κ1) is 26.4. The van der Waals surface area contributed by atoms with Gasteiger partial charge in [0.15, 0.2) is 0 Å². The molecule has 0 bridgehead atoms. The van der Waals surface area contributed by atoms with E-state index in [4.69, 9.17) is 10.5 Å². The van der Waals surface area contributed by atoms with Crippen LogP contribution in [0.15, 0.2) is 0 Å². The normalized spacial score (nSPS) is 18.2. The lowest BCUT2D eigenvalue weighted by atomic mass is 10.1. The summed E-state index contributed by atoms with van der Waals surface area (Å²) in [4.78, 5) is 72.6. The van der Waals surface area contributed by atoms with Gasteiger partial charge < -0.3 is 25.4 Å². The number of carbonyl (C=O) groups excluding carboxylic acids is 6. The molecule has 0 aromatic carbocycles. The van der Waals surface area contributed by atoms with Gasteiger partial charge in [-0.05, 0) is 20.8 Å². The number of nitrogens with one attached hydrogen (secondary N) is 3. The molecule has 2 fully saturated rings. The van der Waals surface area contributed by atoms with Crippen molar-refractivity contribution in [2.45, 2.75) is 32.5 Å². The summed E-state index contributed by atoms with van der Waals surface area (Å²) >= 11 is 0. The van der Waals surface area contributed by atoms with E-state index in [2.05, 4.69) is 10.1 Å². The maximum Gasteiger partial charge on any atom is 0.407 e. The predicted molar refractivity (Wildman–Crippen MR) is 110 cm³/mol. The van der Waals surface area contributed by atoms with E-state index in [0.29, 0.717) is 9.80 Å². The molecule has 18 heteroatoms. The first-order valence-corrected chi connectivity index (χ1v) is 11.3. The van der Waals surface area contributed by atoms with Crippen LogP contribution in [0, 0.1) is 0 Å². The number of hydrogen-bond donors (Lipinski definition) is 4. The van der Waals surface area contributed by atoms with Crippen LogP contribution >= 0.6 is 0 Å². The summed E-state index contributed by atoms with van der Waals surface area (Å²) in [5, 5.41) is 2.44. The topological polar surface area (TPSA) is 227 Å². The van der Waals surface area contributed by atoms with Crippen molar-refractivity contribution in [2.24, 2.45) is 5.73 Å². The number of likely N-dealkylation sites (tertiary alicyclic amines) is 1. The van der Waals surface area contributed by atoms with E-state index in [9.17, 15) is 37.2 Å². The predicted octanol–water partition coefficient (Wildman–Crippen LogP) is -1.78. The molecule has 2 heterocycles. The minimum absolute atomic E-state index is 0.0226. The number of primary amides is 1. The lowest BCUT2D eigenvalue weighted by Crippen LogP contribution is -2.64. The van der Waals surface area contributed by atoms with Crippen molar-refractivity contribution in [3.63, 3.8) is 0 Å². The van der Waals surface area contributed by atoms with Crippen LogP contribution in [0.4, 0.5) is 24.0 Å². The van der Waals surface area contributed by atoms with Gasteiger partial charge >= 0.3 is 40.5 Å². The minimum atomic E-state index is -4.80. The Kier molecular flexibility index (Phi) is 7.75. The van der Waals surface area contributed by atoms with E-state index in [1.807, 2.05) is 0 Å². The molecule has 0 saturated carbocycles. The number of β-lactam (4-membered cyclic amide) rings is 1. The number of hydrogen-bond acceptors (Lipinski definition) is 10. The maximum absolute atomic E-state index is 12.4. The first-order valence-electron chi connectivity index (χ1n) is 9.79. The van der Waals surface area contributed by atoms with Crippen molar-refractivity contribution < 1.29 is 46.7 Å². The van der Waals surface area contributed by atoms with Crippen LogP contribution in [0.1, 0.15) is 20.8 Å². The number of amides is 9. The van der Waals surface area contributed by atoms with E-state index in [1.54, 1.807) is 20.8 Å². The Balaban J connectivity index is 1.81. The van der Waals surface area contributed by atoms with E-state index in [-0.39, 0.29) is 26.2 Å². The summed E-state index contributed by atoms with van der Waals surface area (Å²) in [7, 11) is -4.80. The van der Waals surface area contributed by atoms with Crippen LogP contribution in [-0.4, -0.2) is 104 Å². The van der Waals surface area contributed by atoms with Crippen molar-refractivity contribution >= 4 is 46.4 Å². The molecule has 2 aliphatic heterocycles. The highest BCUT2D eigenvalue weighted by Crippen LogP contribution is 2.14. The van der Waals surface area contributed by atoms with Gasteiger partial charge in [-0.1, -0.05) is 0 Å². The van der Waals surface area contributed by atoms with Crippen molar-refractivity contribution in [3.05, 3.63) is 0 Å². The summed E-state index contributed by atoms with van der Waals surface area (Å²) < 4.78 is 36.5. The molecule has 2 rings (SSSR count). The molecule has 2 aliphatic rings. The SMILES string of the molecule is CC(C)(C)OC(=O)NCCN1CCN(C(=O)NS(=O)(=O)NC(=O)N2C[C@H](OC(N)=O)C2=O)C1=O. The minimum Gasteiger partial charge on any atom is -0.444 e. The zero-order valence-electron chi connectivity index (χ0n) is 18.5. The third kappa shape index (κ3) is 7.09. The fourth-order valence-corrected chi connectivity index (χ4v) is 3.49. The van der Waals surface area contributed by atoms with Gasteiger partial charge in [-0.2, -0.15) is 8.42 Å². The summed E-state index contributed by atoms with van der Waals surface area (Å²) in [6.07, 6.45) is -3.26. The fourth-order valence-electron chi connectivity index (χ4n) is 2.76. The molecule has 0 unspecified atom stereocenters. The van der Waals surface area contributed by atoms with Crippen molar-refractivity contribution in [1.82, 2.24) is 29.5 Å². The highest BCUT2D eigenvalue weighted by atomic mass is 32.2. The monoisotopic (exact) mass is 507 g/mol. The van der Waals surface area contributed by atoms with Gasteiger partial charge in [0.1, 0.15) is 5.60 Å². The molecule has 34 heavy (non-hydrogen) atoms. The molecule has 0 aromatic rings. The van der Waals surface area contributed by atoms with Gasteiger partial charge in [-0.3, -0.25) is 9.69 Å². The number of carbonyl (C=O) groups is 6. The highest BCUT2D eigenvalue weighted by molar-refractivity contribution is 7.88. The maximum atomic E-state index is 12.4. The summed E-state index contributed by atoms with van der Waals surface area (Å²) in [6, 6.07) is -3.57. The zero-order chi connectivity index (χ0) is 25.8. The molecule has 5 N–H and O–H groups in total. The number of urea groups is 3. The van der Waals surface area contributed by atoms with Crippen molar-refractivity contribution in [3.8, 4) is 0 Å². The summed E-state index contributed by atoms with van der Waals surface area (Å²) in [6.45, 7) is 4.57. The third-order valence-corrected chi connectivity index (χ3v) is 5.11. The Morgan fingerprint density at radius 2 is 1.65 bits per heavy atom. The molecule has 17 nitrogen and oxygen atoms in total. The van der Waals surface area contributed by atoms with Gasteiger partial charge in [0.2, 0.25) is 6.10 Å². The van der Waals surface area contributed by atoms with Crippen molar-refractivity contribution in [2.75, 3.05) is 32.7 Å². The van der Waals surface area contributed by atoms with Gasteiger partial charge in [-0.15, -0.1) is 0 Å². The Hall–Kier alpha value is -3.83. The molecule has 1 atom stereocenters. The van der Waals surface area contributed by atoms with Gasteiger partial charge in [-0.25, -0.2) is 38.3 Å². The number of nitrogens with two attached hydrogens (primary N) is 1. The van der Waals surface area contributed by atoms with E-state index in [1.165, 1.54) is 14.3 Å². The number of imide groups is 2. The second-order valence-corrected chi connectivity index (χ2v) is 9.46. The molecule has 190 valence electrons. The van der Waals surface area contributed by atoms with E-state index in [0.717, 1.165) is 0 Å². The summed E-state index contributed by atoms with van der Waals surface area (Å²) in [5.41, 5.74) is 4.05. The number of ether oxygens (including phenoxy) is 2. The molecule has 0 radical (unpaired) electrons. The van der Waals surface area contributed by atoms with Crippen LogP contribution in [0.25, 0.3) is 0 Å². The van der Waals surface area contributed by atoms with E-state index < -0.39 is 64.6 Å². The lowest BCUT2D eigenvalue weighted by molar-refractivity contribution is -0.150. The Morgan fingerprint density at radius 1 is 1.06 bits per heavy atom. The van der Waals surface area contributed by atoms with Gasteiger partial charge in [0.05, 0.1) is 6.54 Å². The van der Waals surface area contributed by atoms with Crippen LogP contribution in [-0.2, 0) is 24.5 Å². The molecule has 2 saturated heterocycles. The zero-order valence-corrected chi connectivity index (χ0v) is 19.3. The van der Waals surface area contributed by atoms with Crippen LogP contribution < -0.4 is 20.5 Å². The van der Waals surface area contributed by atoms with Crippen LogP contribution in [0.5, 0.6) is 0 Å². The van der Waals surface area contributed by atoms with E-state index >= 15 is 0 Å². The molecule has 0 aliphatic carbocycles. The number of rotatable bonds is 6. The van der Waals surface area contributed by atoms with Crippen molar-refractivity contribution in [1.29, 1.82) is 0 Å². The number of alkyl carbamates (subject to hydrolysis) is 1. The van der Waals surface area contributed by atoms with Gasteiger partial charge in [0, 0.05) is 26.2 Å². The van der Waals surface area contributed by atoms with Crippen LogP contribution in [0.3, 0.4) is 0 Å². The average molecular weight is 507 g/mol. The quantitative estimate of drug-likeness (QED) is 0.295. The molecule has 9 amide bonds. The molecular formula is C16H25N7O10S. The smallest absolute Gasteiger partial charge is 0.407 e. The fraction of sp³-hybridized carbons (Fsp3) is 0.625. The highest BCUT2D eigenvalue weighted by Gasteiger charge is 2.45. The largest absolute Gasteiger partial charge is 0.444 e. The Bertz CT molecular complexity index is 993. The Labute approximate surface area is 194 Å². The molecule has 0 aromatic heterocycles. The molecular weight excluding hydrogens is 482 g/mol. The second kappa shape index (κ2) is 9.98. The average Bonchev–Trinajstić information content (AvgIpc) is 3.02. The van der Waals surface area contributed by atoms with Crippen LogP contribution in [0.2, 0.25) is 0 Å². The first-order chi connectivity index (χ1) is 15.6. The third-order valence-electron chi connectivity index (χ3n) is 4.23. The summed E-state index contributed by atoms with van der Waals surface area (Å²) in [5.74, 6) is -1.01. The number of nitrogens with zero attached hydrogens (tertiary/aromatic N) is 3. The Morgan fingerprint density at radius 3 is 2.18 bits per heavy atom. The van der Waals surface area contributed by atoms with Gasteiger partial charge in [0.25, 0.3) is 5.91 Å².